The number of carbonyl (C=O) groups is 1. The maximum absolute atomic E-state index is 14.5. The molecule has 0 atom stereocenters. The Morgan fingerprint density at radius 3 is 2.88 bits per heavy atom. The number of amides is 1. The van der Waals surface area contributed by atoms with Gasteiger partial charge in [-0.15, -0.1) is 0 Å². The van der Waals surface area contributed by atoms with Crippen molar-refractivity contribution in [2.24, 2.45) is 0 Å². The standard InChI is InChI=1S/C19H21FN4O2/c1-3-4-10-22-19(25)16-17(21)24-11-6-7-12(18(24)23-16)15-13(20)8-5-9-14(15)26-2/h5-9,11H,3-4,10,21H2,1-2H3,(H,22,25). The van der Waals surface area contributed by atoms with Gasteiger partial charge in [0.1, 0.15) is 23.0 Å². The molecule has 0 saturated heterocycles. The number of fused-ring (bicyclic) bond motifs is 1. The molecule has 2 aromatic heterocycles. The van der Waals surface area contributed by atoms with Gasteiger partial charge in [0.25, 0.3) is 5.91 Å². The van der Waals surface area contributed by atoms with Gasteiger partial charge >= 0.3 is 0 Å². The predicted octanol–water partition coefficient (Wildman–Crippen LogP) is 3.26. The number of ether oxygens (including phenoxy) is 1. The van der Waals surface area contributed by atoms with Gasteiger partial charge in [-0.1, -0.05) is 19.4 Å². The molecule has 0 saturated carbocycles. The Balaban J connectivity index is 2.13. The molecule has 2 heterocycles. The lowest BCUT2D eigenvalue weighted by molar-refractivity contribution is 0.0950. The second-order valence-electron chi connectivity index (χ2n) is 5.89. The van der Waals surface area contributed by atoms with E-state index in [9.17, 15) is 9.18 Å². The van der Waals surface area contributed by atoms with Crippen LogP contribution >= 0.6 is 0 Å². The fourth-order valence-corrected chi connectivity index (χ4v) is 2.85. The number of pyridine rings is 1. The van der Waals surface area contributed by atoms with Gasteiger partial charge in [0.2, 0.25) is 0 Å². The Labute approximate surface area is 150 Å². The van der Waals surface area contributed by atoms with E-state index in [1.165, 1.54) is 13.2 Å². The number of unbranched alkanes of at least 4 members (excludes halogenated alkanes) is 1. The Morgan fingerprint density at radius 2 is 2.15 bits per heavy atom. The second-order valence-corrected chi connectivity index (χ2v) is 5.89. The van der Waals surface area contributed by atoms with Crippen LogP contribution < -0.4 is 15.8 Å². The summed E-state index contributed by atoms with van der Waals surface area (Å²) in [5, 5.41) is 2.80. The van der Waals surface area contributed by atoms with Gasteiger partial charge in [0, 0.05) is 18.3 Å². The van der Waals surface area contributed by atoms with E-state index in [4.69, 9.17) is 10.5 Å². The van der Waals surface area contributed by atoms with E-state index in [2.05, 4.69) is 10.3 Å². The van der Waals surface area contributed by atoms with Crippen molar-refractivity contribution >= 4 is 17.4 Å². The molecule has 3 rings (SSSR count). The van der Waals surface area contributed by atoms with Crippen molar-refractivity contribution in [3.8, 4) is 16.9 Å². The Hall–Kier alpha value is -3.09. The number of aromatic nitrogens is 2. The van der Waals surface area contributed by atoms with Crippen molar-refractivity contribution in [1.82, 2.24) is 14.7 Å². The molecule has 1 aromatic carbocycles. The summed E-state index contributed by atoms with van der Waals surface area (Å²) in [7, 11) is 1.48. The molecule has 0 bridgehead atoms. The van der Waals surface area contributed by atoms with Crippen LogP contribution in [0.25, 0.3) is 16.8 Å². The van der Waals surface area contributed by atoms with E-state index in [1.807, 2.05) is 6.92 Å². The Bertz CT molecular complexity index is 952. The van der Waals surface area contributed by atoms with Crippen LogP contribution in [0.3, 0.4) is 0 Å². The zero-order valence-corrected chi connectivity index (χ0v) is 14.8. The number of rotatable bonds is 6. The number of halogens is 1. The third-order valence-electron chi connectivity index (χ3n) is 4.18. The smallest absolute Gasteiger partial charge is 0.273 e. The van der Waals surface area contributed by atoms with Crippen LogP contribution in [-0.2, 0) is 0 Å². The normalized spacial score (nSPS) is 10.9. The van der Waals surface area contributed by atoms with Gasteiger partial charge in [-0.05, 0) is 30.7 Å². The minimum absolute atomic E-state index is 0.129. The maximum atomic E-state index is 14.5. The average molecular weight is 356 g/mol. The highest BCUT2D eigenvalue weighted by Crippen LogP contribution is 2.35. The van der Waals surface area contributed by atoms with Gasteiger partial charge in [0.05, 0.1) is 12.7 Å². The number of nitrogen functional groups attached to an aromatic ring is 1. The van der Waals surface area contributed by atoms with E-state index >= 15 is 0 Å². The molecule has 136 valence electrons. The van der Waals surface area contributed by atoms with Crippen molar-refractivity contribution in [3.63, 3.8) is 0 Å². The highest BCUT2D eigenvalue weighted by molar-refractivity contribution is 5.99. The van der Waals surface area contributed by atoms with E-state index < -0.39 is 5.82 Å². The van der Waals surface area contributed by atoms with Crippen LogP contribution in [0.4, 0.5) is 10.2 Å². The zero-order chi connectivity index (χ0) is 18.7. The highest BCUT2D eigenvalue weighted by atomic mass is 19.1. The number of hydrogen-bond donors (Lipinski definition) is 2. The molecule has 6 nitrogen and oxygen atoms in total. The summed E-state index contributed by atoms with van der Waals surface area (Å²) in [5.74, 6) is -0.182. The fraction of sp³-hybridized carbons (Fsp3) is 0.263. The van der Waals surface area contributed by atoms with Gasteiger partial charge in [-0.2, -0.15) is 0 Å². The third-order valence-corrected chi connectivity index (χ3v) is 4.18. The number of methoxy groups -OCH3 is 1. The minimum Gasteiger partial charge on any atom is -0.496 e. The number of imidazole rings is 1. The SMILES string of the molecule is CCCCNC(=O)c1nc2c(-c3c(F)cccc3OC)cccn2c1N. The summed E-state index contributed by atoms with van der Waals surface area (Å²) in [6, 6.07) is 8.05. The fourth-order valence-electron chi connectivity index (χ4n) is 2.85. The largest absolute Gasteiger partial charge is 0.496 e. The number of anilines is 1. The predicted molar refractivity (Wildman–Crippen MR) is 98.8 cm³/mol. The van der Waals surface area contributed by atoms with E-state index in [1.54, 1.807) is 34.9 Å². The first-order valence-electron chi connectivity index (χ1n) is 8.46. The average Bonchev–Trinajstić information content (AvgIpc) is 2.99. The first-order chi connectivity index (χ1) is 12.6. The number of carbonyl (C=O) groups excluding carboxylic acids is 1. The highest BCUT2D eigenvalue weighted by Gasteiger charge is 2.21. The Kier molecular flexibility index (Phi) is 5.06. The van der Waals surface area contributed by atoms with Crippen LogP contribution in [0.1, 0.15) is 30.3 Å². The van der Waals surface area contributed by atoms with Gasteiger partial charge in [-0.25, -0.2) is 9.37 Å². The van der Waals surface area contributed by atoms with Crippen molar-refractivity contribution in [3.05, 3.63) is 48.0 Å². The summed E-state index contributed by atoms with van der Waals surface area (Å²) in [4.78, 5) is 16.8. The molecule has 0 spiro atoms. The lowest BCUT2D eigenvalue weighted by Gasteiger charge is -2.10. The quantitative estimate of drug-likeness (QED) is 0.664. The molecule has 0 aliphatic heterocycles. The van der Waals surface area contributed by atoms with Gasteiger partial charge in [-0.3, -0.25) is 9.20 Å². The van der Waals surface area contributed by atoms with Crippen LogP contribution in [0, 0.1) is 5.82 Å². The van der Waals surface area contributed by atoms with Gasteiger partial charge in [0.15, 0.2) is 5.69 Å². The van der Waals surface area contributed by atoms with Crippen molar-refractivity contribution < 1.29 is 13.9 Å². The summed E-state index contributed by atoms with van der Waals surface area (Å²) < 4.78 is 21.4. The lowest BCUT2D eigenvalue weighted by Crippen LogP contribution is -2.25. The molecule has 26 heavy (non-hydrogen) atoms. The van der Waals surface area contributed by atoms with Gasteiger partial charge < -0.3 is 15.8 Å². The van der Waals surface area contributed by atoms with Crippen molar-refractivity contribution in [2.75, 3.05) is 19.4 Å². The second kappa shape index (κ2) is 7.43. The molecular formula is C19H21FN4O2. The number of hydrogen-bond acceptors (Lipinski definition) is 4. The summed E-state index contributed by atoms with van der Waals surface area (Å²) in [6.07, 6.45) is 3.53. The minimum atomic E-state index is -0.437. The maximum Gasteiger partial charge on any atom is 0.273 e. The molecule has 3 N–H and O–H groups in total. The van der Waals surface area contributed by atoms with E-state index in [0.29, 0.717) is 23.5 Å². The molecular weight excluding hydrogens is 335 g/mol. The zero-order valence-electron chi connectivity index (χ0n) is 14.8. The monoisotopic (exact) mass is 356 g/mol. The van der Waals surface area contributed by atoms with Crippen LogP contribution in [0.5, 0.6) is 5.75 Å². The number of nitrogens with zero attached hydrogens (tertiary/aromatic N) is 2. The molecule has 3 aromatic rings. The van der Waals surface area contributed by atoms with E-state index in [-0.39, 0.29) is 23.0 Å². The molecule has 0 fully saturated rings. The molecule has 7 heteroatoms. The molecule has 0 radical (unpaired) electrons. The molecule has 0 aliphatic rings. The lowest BCUT2D eigenvalue weighted by atomic mass is 10.1. The number of nitrogens with two attached hydrogens (primary N) is 1. The van der Waals surface area contributed by atoms with Crippen molar-refractivity contribution in [2.45, 2.75) is 19.8 Å². The Morgan fingerprint density at radius 1 is 1.35 bits per heavy atom. The number of benzene rings is 1. The van der Waals surface area contributed by atoms with Crippen LogP contribution in [0.15, 0.2) is 36.5 Å². The molecule has 0 aliphatic carbocycles. The first-order valence-corrected chi connectivity index (χ1v) is 8.46. The summed E-state index contributed by atoms with van der Waals surface area (Å²) >= 11 is 0. The number of nitrogens with one attached hydrogen (secondary N) is 1. The summed E-state index contributed by atoms with van der Waals surface area (Å²) in [6.45, 7) is 2.59. The van der Waals surface area contributed by atoms with E-state index in [0.717, 1.165) is 12.8 Å². The first kappa shape index (κ1) is 17.7. The topological polar surface area (TPSA) is 81.6 Å². The van der Waals surface area contributed by atoms with Crippen LogP contribution in [0.2, 0.25) is 0 Å². The molecule has 1 amide bonds. The summed E-state index contributed by atoms with van der Waals surface area (Å²) in [5.41, 5.74) is 7.42. The van der Waals surface area contributed by atoms with Crippen molar-refractivity contribution in [1.29, 1.82) is 0 Å². The van der Waals surface area contributed by atoms with Crippen LogP contribution in [-0.4, -0.2) is 28.9 Å². The molecule has 0 unspecified atom stereocenters. The third kappa shape index (κ3) is 3.08.